The van der Waals surface area contributed by atoms with Crippen LogP contribution in [0.25, 0.3) is 43.4 Å². The van der Waals surface area contributed by atoms with E-state index in [1.165, 1.54) is 77.8 Å². The van der Waals surface area contributed by atoms with Crippen molar-refractivity contribution in [3.63, 3.8) is 0 Å². The molecule has 0 saturated heterocycles. The standard InChI is InChI=1S/C50H49N13O8S6/c1-22(2)36-50-63-39(32(77-50)17-70-6)43(68)52-16-35(66)60-40(41(71-7)25-11-9-8-10-12-25)49-58-31(20-74-49)47-56-29(18-73-47)38-26(13-14-27(54-38)46-59-33(21-75-46)53-24(4)64)45-57-30(19-72-45)42(67)55-28(15-34(65)51-5)48-62-37(23(3)76-48)44(69)61-36/h8-14,18-22,28,36,40-41H,15-17H2,1-7H3,(H,51,65)(H,52,68)(H,53,64)(H,55,67)(H,60,66)(H,61,69). The number of benzene rings is 1. The molecule has 398 valence electrons. The number of hydrogen-bond acceptors (Lipinski definition) is 21. The van der Waals surface area contributed by atoms with Crippen LogP contribution in [0.5, 0.6) is 0 Å². The van der Waals surface area contributed by atoms with Crippen molar-refractivity contribution in [1.82, 2.24) is 61.5 Å². The zero-order valence-electron chi connectivity index (χ0n) is 42.2. The highest BCUT2D eigenvalue weighted by molar-refractivity contribution is 7.15. The van der Waals surface area contributed by atoms with Crippen molar-refractivity contribution in [3.8, 4) is 43.4 Å². The second-order valence-electron chi connectivity index (χ2n) is 17.6. The van der Waals surface area contributed by atoms with Crippen molar-refractivity contribution in [3.05, 3.63) is 111 Å². The van der Waals surface area contributed by atoms with Crippen molar-refractivity contribution >= 4 is 109 Å². The average molecular weight is 1150 g/mol. The predicted octanol–water partition coefficient (Wildman–Crippen LogP) is 7.92. The van der Waals surface area contributed by atoms with Gasteiger partial charge in [-0.15, -0.1) is 68.0 Å². The van der Waals surface area contributed by atoms with Crippen LogP contribution in [0.4, 0.5) is 5.82 Å². The van der Waals surface area contributed by atoms with Gasteiger partial charge in [0.1, 0.15) is 82.2 Å². The lowest BCUT2D eigenvalue weighted by Crippen LogP contribution is -2.41. The van der Waals surface area contributed by atoms with Gasteiger partial charge in [0.05, 0.1) is 42.2 Å². The summed E-state index contributed by atoms with van der Waals surface area (Å²) in [6, 6.07) is 10.5. The molecule has 0 fully saturated rings. The molecule has 0 saturated carbocycles. The molecule has 6 N–H and O–H groups in total. The molecule has 4 unspecified atom stereocenters. The highest BCUT2D eigenvalue weighted by Gasteiger charge is 2.33. The number of anilines is 1. The number of nitrogens with one attached hydrogen (secondary N) is 6. The van der Waals surface area contributed by atoms with E-state index in [-0.39, 0.29) is 47.8 Å². The molecule has 1 aliphatic heterocycles. The molecule has 10 bridgehead atoms. The van der Waals surface area contributed by atoms with Gasteiger partial charge in [0, 0.05) is 60.2 Å². The van der Waals surface area contributed by atoms with Gasteiger partial charge in [-0.2, -0.15) is 0 Å². The van der Waals surface area contributed by atoms with Crippen molar-refractivity contribution in [2.75, 3.05) is 33.1 Å². The maximum Gasteiger partial charge on any atom is 0.271 e. The minimum Gasteiger partial charge on any atom is -0.379 e. The topological polar surface area (TPSA) is 283 Å². The van der Waals surface area contributed by atoms with Crippen molar-refractivity contribution < 1.29 is 38.2 Å². The molecule has 0 radical (unpaired) electrons. The lowest BCUT2D eigenvalue weighted by molar-refractivity contribution is -0.122. The van der Waals surface area contributed by atoms with Crippen LogP contribution < -0.4 is 31.9 Å². The Kier molecular flexibility index (Phi) is 17.1. The SMILES string of the molecule is CNC(=O)CC1NC(=O)c2csc(n2)-c2ccc(-c3nc(NC(C)=O)cs3)nc2-c2csc(n2)-c2csc(n2)C(C(OC)c2ccccc2)NC(=O)CNC(=O)c2nc(sc2COC)C(C(C)C)NC(=O)c2nc1sc2C. The second-order valence-corrected chi connectivity index (χ2v) is 23.4. The van der Waals surface area contributed by atoms with Crippen LogP contribution in [-0.4, -0.2) is 98.1 Å². The monoisotopic (exact) mass is 1150 g/mol. The fourth-order valence-corrected chi connectivity index (χ4v) is 13.6. The molecule has 21 nitrogen and oxygen atoms in total. The number of carbonyl (C=O) groups is 6. The molecule has 77 heavy (non-hydrogen) atoms. The quantitative estimate of drug-likeness (QED) is 0.0758. The molecule has 0 aliphatic carbocycles. The summed E-state index contributed by atoms with van der Waals surface area (Å²) in [5, 5.41) is 26.8. The number of ether oxygens (including phenoxy) is 2. The third-order valence-corrected chi connectivity index (χ3v) is 17.5. The van der Waals surface area contributed by atoms with Gasteiger partial charge in [0.2, 0.25) is 17.7 Å². The Morgan fingerprint density at radius 1 is 0.688 bits per heavy atom. The van der Waals surface area contributed by atoms with Crippen LogP contribution in [0, 0.1) is 12.8 Å². The van der Waals surface area contributed by atoms with Crippen LogP contribution in [0.2, 0.25) is 0 Å². The van der Waals surface area contributed by atoms with Crippen LogP contribution in [0.3, 0.4) is 0 Å². The molecule has 7 aromatic heterocycles. The first kappa shape index (κ1) is 54.7. The van der Waals surface area contributed by atoms with E-state index in [9.17, 15) is 28.8 Å². The molecule has 27 heteroatoms. The van der Waals surface area contributed by atoms with Gasteiger partial charge in [0.25, 0.3) is 17.7 Å². The Bertz CT molecular complexity index is 3490. The number of pyridine rings is 1. The van der Waals surface area contributed by atoms with E-state index in [0.29, 0.717) is 74.0 Å². The van der Waals surface area contributed by atoms with Gasteiger partial charge >= 0.3 is 0 Å². The first-order chi connectivity index (χ1) is 37.1. The van der Waals surface area contributed by atoms with Crippen molar-refractivity contribution in [2.24, 2.45) is 5.92 Å². The van der Waals surface area contributed by atoms with Crippen LogP contribution in [0.1, 0.15) is 113 Å². The van der Waals surface area contributed by atoms with Gasteiger partial charge in [0.15, 0.2) is 0 Å². The Balaban J connectivity index is 1.14. The molecule has 1 aromatic carbocycles. The minimum absolute atomic E-state index is 0.0286. The summed E-state index contributed by atoms with van der Waals surface area (Å²) in [6.45, 7) is 6.51. The first-order valence-electron chi connectivity index (χ1n) is 23.7. The molecule has 1 aliphatic rings. The van der Waals surface area contributed by atoms with E-state index in [4.69, 9.17) is 39.4 Å². The molecule has 6 amide bonds. The molecular formula is C50H49N13O8S6. The van der Waals surface area contributed by atoms with E-state index in [2.05, 4.69) is 36.9 Å². The van der Waals surface area contributed by atoms with Gasteiger partial charge in [-0.1, -0.05) is 44.2 Å². The van der Waals surface area contributed by atoms with Crippen LogP contribution >= 0.6 is 68.0 Å². The zero-order chi connectivity index (χ0) is 54.5. The van der Waals surface area contributed by atoms with Gasteiger partial charge in [-0.05, 0) is 30.5 Å². The number of fused-ring (bicyclic) bond motifs is 14. The van der Waals surface area contributed by atoms with Gasteiger partial charge < -0.3 is 41.4 Å². The molecular weight excluding hydrogens is 1100 g/mol. The number of aromatic nitrogens is 7. The van der Waals surface area contributed by atoms with E-state index < -0.39 is 54.4 Å². The third kappa shape index (κ3) is 12.4. The molecule has 0 spiro atoms. The van der Waals surface area contributed by atoms with Gasteiger partial charge in [-0.25, -0.2) is 34.9 Å². The summed E-state index contributed by atoms with van der Waals surface area (Å²) < 4.78 is 11.5. The number of nitrogens with zero attached hydrogens (tertiary/aromatic N) is 7. The highest BCUT2D eigenvalue weighted by atomic mass is 32.1. The summed E-state index contributed by atoms with van der Waals surface area (Å²) in [5.74, 6) is -2.79. The number of hydrogen-bond donors (Lipinski definition) is 6. The summed E-state index contributed by atoms with van der Waals surface area (Å²) >= 11 is 7.47. The number of aryl methyl sites for hydroxylation is 1. The van der Waals surface area contributed by atoms with E-state index in [1.807, 2.05) is 61.0 Å². The molecule has 4 atom stereocenters. The van der Waals surface area contributed by atoms with Crippen molar-refractivity contribution in [2.45, 2.75) is 65.0 Å². The van der Waals surface area contributed by atoms with Crippen LogP contribution in [0.15, 0.2) is 64.0 Å². The Morgan fingerprint density at radius 2 is 1.40 bits per heavy atom. The highest BCUT2D eigenvalue weighted by Crippen LogP contribution is 2.40. The fraction of sp³-hybridized carbons (Fsp3) is 0.300. The maximum atomic E-state index is 14.2. The number of amides is 6. The van der Waals surface area contributed by atoms with E-state index in [1.54, 1.807) is 30.9 Å². The summed E-state index contributed by atoms with van der Waals surface area (Å²) in [6.07, 6.45) is -0.902. The van der Waals surface area contributed by atoms with E-state index >= 15 is 0 Å². The first-order valence-corrected chi connectivity index (χ1v) is 28.8. The number of rotatable bonds is 10. The second kappa shape index (κ2) is 24.1. The van der Waals surface area contributed by atoms with Crippen LogP contribution in [-0.2, 0) is 30.5 Å². The summed E-state index contributed by atoms with van der Waals surface area (Å²) in [4.78, 5) is 116. The van der Waals surface area contributed by atoms with Crippen molar-refractivity contribution in [1.29, 1.82) is 0 Å². The molecule has 8 aromatic rings. The van der Waals surface area contributed by atoms with E-state index in [0.717, 1.165) is 16.9 Å². The lowest BCUT2D eigenvalue weighted by atomic mass is 10.0. The fourth-order valence-electron chi connectivity index (χ4n) is 8.08. The molecule has 8 heterocycles. The zero-order valence-corrected chi connectivity index (χ0v) is 47.1. The Hall–Kier alpha value is -7.11. The third-order valence-electron chi connectivity index (χ3n) is 11.8. The summed E-state index contributed by atoms with van der Waals surface area (Å²) in [7, 11) is 4.51. The Morgan fingerprint density at radius 3 is 2.14 bits per heavy atom. The summed E-state index contributed by atoms with van der Waals surface area (Å²) in [5.41, 5.74) is 3.38. The number of thiazole rings is 6. The number of methoxy groups -OCH3 is 2. The largest absolute Gasteiger partial charge is 0.379 e. The smallest absolute Gasteiger partial charge is 0.271 e. The predicted molar refractivity (Wildman–Crippen MR) is 296 cm³/mol. The van der Waals surface area contributed by atoms with Gasteiger partial charge in [-0.3, -0.25) is 28.8 Å². The maximum absolute atomic E-state index is 14.2. The molecule has 9 rings (SSSR count). The normalized spacial score (nSPS) is 16.7. The number of carbonyl (C=O) groups excluding carboxylic acids is 6. The average Bonchev–Trinajstić information content (AvgIpc) is 4.29. The Labute approximate surface area is 464 Å². The lowest BCUT2D eigenvalue weighted by Gasteiger charge is -2.26. The minimum atomic E-state index is -0.959.